The summed E-state index contributed by atoms with van der Waals surface area (Å²) in [5.74, 6) is -1.65. The minimum absolute atomic E-state index is 0.0000444. The highest BCUT2D eigenvalue weighted by atomic mass is 32.3. The molecule has 26 nitrogen and oxygen atoms in total. The third-order valence-electron chi connectivity index (χ3n) is 8.19. The van der Waals surface area contributed by atoms with Crippen LogP contribution in [0.5, 0.6) is 0 Å². The van der Waals surface area contributed by atoms with Gasteiger partial charge in [-0.2, -0.15) is 43.9 Å². The van der Waals surface area contributed by atoms with E-state index >= 15 is 0 Å². The Bertz CT molecular complexity index is 3420. The average molecular weight is 1010 g/mol. The smallest absolute Gasteiger partial charge is 0.395 e. The van der Waals surface area contributed by atoms with Gasteiger partial charge in [0.1, 0.15) is 32.5 Å². The number of anilines is 2. The number of benzene rings is 5. The van der Waals surface area contributed by atoms with Gasteiger partial charge in [-0.25, -0.2) is 25.2 Å². The number of nitrogens with two attached hydrogens (primary N) is 2. The highest BCUT2D eigenvalue weighted by Gasteiger charge is 2.25. The molecule has 5 aromatic rings. The van der Waals surface area contributed by atoms with Gasteiger partial charge < -0.3 is 11.5 Å². The highest BCUT2D eigenvalue weighted by Crippen LogP contribution is 2.46. The molecule has 0 bridgehead atoms. The molecule has 342 valence electrons. The fourth-order valence-corrected chi connectivity index (χ4v) is 9.82. The van der Waals surface area contributed by atoms with Crippen LogP contribution in [0.25, 0.3) is 10.8 Å². The van der Waals surface area contributed by atoms with E-state index in [1.807, 2.05) is 0 Å². The number of azo groups is 3. The third-order valence-corrected chi connectivity index (χ3v) is 14.4. The summed E-state index contributed by atoms with van der Waals surface area (Å²) >= 11 is 0. The van der Waals surface area contributed by atoms with Crippen molar-refractivity contribution >= 4 is 117 Å². The van der Waals surface area contributed by atoms with E-state index in [1.54, 1.807) is 0 Å². The molecule has 64 heavy (non-hydrogen) atoms. The zero-order chi connectivity index (χ0) is 47.5. The van der Waals surface area contributed by atoms with Gasteiger partial charge in [-0.15, -0.1) is 20.5 Å². The van der Waals surface area contributed by atoms with E-state index < -0.39 is 101 Å². The van der Waals surface area contributed by atoms with Crippen molar-refractivity contribution in [2.45, 2.75) is 19.6 Å². The average Bonchev–Trinajstić information content (AvgIpc) is 3.18. The fourth-order valence-electron chi connectivity index (χ4n) is 5.31. The van der Waals surface area contributed by atoms with E-state index in [-0.39, 0.29) is 60.4 Å². The summed E-state index contributed by atoms with van der Waals surface area (Å²) in [6.45, 7) is -1.76. The highest BCUT2D eigenvalue weighted by molar-refractivity contribution is 7.91. The molecule has 5 rings (SSSR count). The Morgan fingerprint density at radius 3 is 1.34 bits per heavy atom. The van der Waals surface area contributed by atoms with Crippen LogP contribution in [0.15, 0.2) is 135 Å². The van der Waals surface area contributed by atoms with E-state index in [9.17, 15) is 59.6 Å². The Balaban J connectivity index is 1.57. The summed E-state index contributed by atoms with van der Waals surface area (Å²) < 4.78 is 188. The Morgan fingerprint density at radius 2 is 0.906 bits per heavy atom. The second kappa shape index (κ2) is 18.7. The molecule has 0 heterocycles. The second-order valence-corrected chi connectivity index (χ2v) is 21.7. The summed E-state index contributed by atoms with van der Waals surface area (Å²) in [5.41, 5.74) is 10.5. The maximum Gasteiger partial charge on any atom is 0.397 e. The van der Waals surface area contributed by atoms with Gasteiger partial charge in [0.15, 0.2) is 19.7 Å². The molecular formula is C32H30N8O18S6. The maximum absolute atomic E-state index is 12.6. The van der Waals surface area contributed by atoms with Gasteiger partial charge in [-0.1, -0.05) is 18.2 Å². The third kappa shape index (κ3) is 12.7. The molecule has 0 unspecified atom stereocenters. The van der Waals surface area contributed by atoms with E-state index in [1.165, 1.54) is 24.3 Å². The quantitative estimate of drug-likeness (QED) is 0.0385. The number of fused-ring (bicyclic) bond motifs is 1. The molecular weight excluding hydrogens is 977 g/mol. The first-order chi connectivity index (χ1) is 29.6. The molecule has 0 saturated carbocycles. The van der Waals surface area contributed by atoms with Crippen molar-refractivity contribution < 1.29 is 77.1 Å². The molecule has 0 aliphatic rings. The van der Waals surface area contributed by atoms with Crippen LogP contribution in [-0.4, -0.2) is 93.4 Å². The number of rotatable bonds is 18. The molecule has 0 fully saturated rings. The Hall–Kier alpha value is -5.78. The first-order valence-electron chi connectivity index (χ1n) is 16.9. The Kier molecular flexibility index (Phi) is 14.4. The van der Waals surface area contributed by atoms with E-state index in [4.69, 9.17) is 20.6 Å². The van der Waals surface area contributed by atoms with Crippen LogP contribution in [0.1, 0.15) is 0 Å². The van der Waals surface area contributed by atoms with Crippen LogP contribution < -0.4 is 11.5 Å². The largest absolute Gasteiger partial charge is 0.397 e. The summed E-state index contributed by atoms with van der Waals surface area (Å²) in [5, 5.41) is 23.3. The molecule has 0 radical (unpaired) electrons. The van der Waals surface area contributed by atoms with Crippen molar-refractivity contribution in [1.29, 1.82) is 0 Å². The summed E-state index contributed by atoms with van der Waals surface area (Å²) in [4.78, 5) is -2.18. The van der Waals surface area contributed by atoms with E-state index in [0.29, 0.717) is 0 Å². The lowest BCUT2D eigenvalue weighted by molar-refractivity contribution is 0.282. The van der Waals surface area contributed by atoms with Crippen molar-refractivity contribution in [3.05, 3.63) is 84.9 Å². The molecule has 0 aliphatic heterocycles. The Labute approximate surface area is 363 Å². The van der Waals surface area contributed by atoms with E-state index in [2.05, 4.69) is 39.1 Å². The van der Waals surface area contributed by atoms with Crippen LogP contribution in [0.3, 0.4) is 0 Å². The monoisotopic (exact) mass is 1010 g/mol. The minimum atomic E-state index is -5.19. The van der Waals surface area contributed by atoms with Crippen LogP contribution in [0.2, 0.25) is 0 Å². The molecule has 0 saturated heterocycles. The number of sulfone groups is 2. The molecule has 32 heteroatoms. The zero-order valence-electron chi connectivity index (χ0n) is 31.7. The van der Waals surface area contributed by atoms with Crippen LogP contribution >= 0.6 is 0 Å². The van der Waals surface area contributed by atoms with Gasteiger partial charge in [-0.05, 0) is 66.7 Å². The Morgan fingerprint density at radius 1 is 0.469 bits per heavy atom. The fraction of sp³-hybridized carbons (Fsp3) is 0.125. The predicted molar refractivity (Wildman–Crippen MR) is 223 cm³/mol. The predicted octanol–water partition coefficient (Wildman–Crippen LogP) is 4.93. The lowest BCUT2D eigenvalue weighted by atomic mass is 10.1. The van der Waals surface area contributed by atoms with Gasteiger partial charge in [0.25, 0.3) is 20.2 Å². The standard InChI is InChI=1S/C32H30N8O18S6/c33-29-26(38-35-19-4-8-21(9-5-19)59(41,42)16-14-57-63(51,52)53)18-27(39-37-25-13-12-23-24(32(25)62(48,49)50)2-1-3-28(23)61(45,46)47)30(34)31(29)40-36-20-6-10-22(11-7-20)60(43,44)17-15-58-64(54,55)56/h1-13,18H,14-17,33-34H2,(H,45,46,47)(H,48,49,50)(H,51,52,53)(H,54,55,56)/b38-35+,39-37+,40-36+. The maximum atomic E-state index is 12.6. The molecule has 8 N–H and O–H groups in total. The van der Waals surface area contributed by atoms with Crippen LogP contribution in [0.4, 0.5) is 45.5 Å². The van der Waals surface area contributed by atoms with Crippen molar-refractivity contribution in [2.75, 3.05) is 36.2 Å². The summed E-state index contributed by atoms with van der Waals surface area (Å²) in [6, 6.07) is 15.5. The van der Waals surface area contributed by atoms with Crippen molar-refractivity contribution in [3.8, 4) is 0 Å². The lowest BCUT2D eigenvalue weighted by Crippen LogP contribution is -2.15. The molecule has 0 aliphatic carbocycles. The first-order valence-corrected chi connectivity index (χ1v) is 25.8. The lowest BCUT2D eigenvalue weighted by Gasteiger charge is -2.11. The number of hydrogen-bond donors (Lipinski definition) is 6. The minimum Gasteiger partial charge on any atom is -0.395 e. The number of nitrogens with zero attached hydrogens (tertiary/aromatic N) is 6. The summed E-state index contributed by atoms with van der Waals surface area (Å²) in [7, 11) is -28.1. The van der Waals surface area contributed by atoms with Gasteiger partial charge in [-0.3, -0.25) is 18.2 Å². The van der Waals surface area contributed by atoms with Crippen molar-refractivity contribution in [1.82, 2.24) is 0 Å². The van der Waals surface area contributed by atoms with Gasteiger partial charge in [0, 0.05) is 10.8 Å². The van der Waals surface area contributed by atoms with Crippen LogP contribution in [0, 0.1) is 0 Å². The molecule has 0 aromatic heterocycles. The number of nitrogen functional groups attached to an aromatic ring is 2. The van der Waals surface area contributed by atoms with E-state index in [0.717, 1.165) is 60.7 Å². The van der Waals surface area contributed by atoms with Crippen LogP contribution in [-0.2, 0) is 69.1 Å². The molecule has 0 atom stereocenters. The second-order valence-electron chi connectivity index (χ2n) is 12.5. The van der Waals surface area contributed by atoms with Gasteiger partial charge in [0.05, 0.1) is 57.3 Å². The normalized spacial score (nSPS) is 13.4. The van der Waals surface area contributed by atoms with Gasteiger partial charge >= 0.3 is 20.8 Å². The van der Waals surface area contributed by atoms with Gasteiger partial charge in [0.2, 0.25) is 0 Å². The van der Waals surface area contributed by atoms with Crippen molar-refractivity contribution in [3.63, 3.8) is 0 Å². The van der Waals surface area contributed by atoms with Crippen molar-refractivity contribution in [2.24, 2.45) is 30.7 Å². The zero-order valence-corrected chi connectivity index (χ0v) is 36.6. The molecule has 0 amide bonds. The summed E-state index contributed by atoms with van der Waals surface area (Å²) in [6.07, 6.45) is 0. The SMILES string of the molecule is Nc1c(/N=N/c2ccc(S(=O)(=O)CCOS(=O)(=O)O)cc2)cc(/N=N/c2ccc3c(S(=O)(=O)O)cccc3c2S(=O)(=O)O)c(N)c1/N=N/c1ccc(S(=O)(=O)CCOS(=O)(=O)O)cc1. The first kappa shape index (κ1) is 49.2. The molecule has 5 aromatic carbocycles. The molecule has 0 spiro atoms. The number of hydrogen-bond acceptors (Lipinski definition) is 22. The topological polar surface area (TPSA) is 430 Å².